The first-order chi connectivity index (χ1) is 10.4. The van der Waals surface area contributed by atoms with Gasteiger partial charge in [0.05, 0.1) is 0 Å². The van der Waals surface area contributed by atoms with Crippen LogP contribution in [0.2, 0.25) is 0 Å². The fraction of sp³-hybridized carbons (Fsp3) is 0.474. The Morgan fingerprint density at radius 2 is 1.71 bits per heavy atom. The number of nitrogens with one attached hydrogen (secondary N) is 1. The van der Waals surface area contributed by atoms with Gasteiger partial charge in [-0.15, -0.1) is 0 Å². The van der Waals surface area contributed by atoms with Gasteiger partial charge in [-0.05, 0) is 35.1 Å². The van der Waals surface area contributed by atoms with E-state index in [1.54, 1.807) is 5.56 Å². The molecule has 1 aliphatic carbocycles. The SMILES string of the molecule is c1ccc2c([C@H](C3CCC3)N3CCNCC3)cccc2c1. The molecule has 1 N–H and O–H groups in total. The van der Waals surface area contributed by atoms with Crippen LogP contribution >= 0.6 is 0 Å². The molecule has 110 valence electrons. The molecule has 1 saturated heterocycles. The van der Waals surface area contributed by atoms with Crippen LogP contribution in [0.1, 0.15) is 30.9 Å². The highest BCUT2D eigenvalue weighted by Gasteiger charge is 2.34. The molecule has 0 radical (unpaired) electrons. The van der Waals surface area contributed by atoms with Gasteiger partial charge < -0.3 is 5.32 Å². The summed E-state index contributed by atoms with van der Waals surface area (Å²) in [6.45, 7) is 4.64. The lowest BCUT2D eigenvalue weighted by Gasteiger charge is -2.43. The van der Waals surface area contributed by atoms with Gasteiger partial charge in [0.15, 0.2) is 0 Å². The normalized spacial score (nSPS) is 22.1. The van der Waals surface area contributed by atoms with Crippen LogP contribution in [0.4, 0.5) is 0 Å². The quantitative estimate of drug-likeness (QED) is 0.924. The molecule has 1 saturated carbocycles. The Kier molecular flexibility index (Phi) is 3.66. The van der Waals surface area contributed by atoms with E-state index in [9.17, 15) is 0 Å². The van der Waals surface area contributed by atoms with Crippen molar-refractivity contribution in [2.24, 2.45) is 5.92 Å². The van der Waals surface area contributed by atoms with Gasteiger partial charge in [-0.1, -0.05) is 48.9 Å². The molecule has 4 rings (SSSR count). The maximum Gasteiger partial charge on any atom is 0.0383 e. The topological polar surface area (TPSA) is 15.3 Å². The summed E-state index contributed by atoms with van der Waals surface area (Å²) in [4.78, 5) is 2.72. The standard InChI is InChI=1S/C19H24N2/c1-2-9-17-15(5-1)6-4-10-18(17)19(16-7-3-8-16)21-13-11-20-12-14-21/h1-2,4-6,9-10,16,19-20H,3,7-8,11-14H2/t19-/m0/s1. The Morgan fingerprint density at radius 1 is 0.952 bits per heavy atom. The zero-order chi connectivity index (χ0) is 14.1. The minimum absolute atomic E-state index is 0.618. The molecule has 2 aliphatic rings. The highest BCUT2D eigenvalue weighted by atomic mass is 15.2. The molecule has 0 bridgehead atoms. The number of hydrogen-bond acceptors (Lipinski definition) is 2. The molecular weight excluding hydrogens is 256 g/mol. The van der Waals surface area contributed by atoms with E-state index in [4.69, 9.17) is 0 Å². The van der Waals surface area contributed by atoms with Crippen LogP contribution in [0.15, 0.2) is 42.5 Å². The predicted molar refractivity (Wildman–Crippen MR) is 88.5 cm³/mol. The Hall–Kier alpha value is -1.38. The van der Waals surface area contributed by atoms with Crippen molar-refractivity contribution in [3.8, 4) is 0 Å². The van der Waals surface area contributed by atoms with Gasteiger partial charge in [0, 0.05) is 32.2 Å². The molecule has 1 atom stereocenters. The van der Waals surface area contributed by atoms with E-state index in [1.807, 2.05) is 0 Å². The molecule has 0 aromatic heterocycles. The van der Waals surface area contributed by atoms with Crippen molar-refractivity contribution in [1.82, 2.24) is 10.2 Å². The fourth-order valence-electron chi connectivity index (χ4n) is 3.97. The first kappa shape index (κ1) is 13.3. The van der Waals surface area contributed by atoms with Crippen LogP contribution in [-0.2, 0) is 0 Å². The van der Waals surface area contributed by atoms with Crippen LogP contribution in [0.3, 0.4) is 0 Å². The third-order valence-electron chi connectivity index (χ3n) is 5.28. The molecule has 1 heterocycles. The van der Waals surface area contributed by atoms with Gasteiger partial charge in [0.1, 0.15) is 0 Å². The summed E-state index contributed by atoms with van der Waals surface area (Å²) in [5, 5.41) is 6.33. The van der Waals surface area contributed by atoms with Gasteiger partial charge in [-0.3, -0.25) is 4.90 Å². The van der Waals surface area contributed by atoms with Crippen molar-refractivity contribution in [3.63, 3.8) is 0 Å². The van der Waals surface area contributed by atoms with Crippen molar-refractivity contribution in [2.75, 3.05) is 26.2 Å². The summed E-state index contributed by atoms with van der Waals surface area (Å²) >= 11 is 0. The molecule has 0 spiro atoms. The summed E-state index contributed by atoms with van der Waals surface area (Å²) in [6, 6.07) is 16.4. The highest BCUT2D eigenvalue weighted by molar-refractivity contribution is 5.86. The predicted octanol–water partition coefficient (Wildman–Crippen LogP) is 3.59. The molecule has 2 heteroatoms. The molecular formula is C19H24N2. The Morgan fingerprint density at radius 3 is 2.48 bits per heavy atom. The third kappa shape index (κ3) is 2.47. The maximum absolute atomic E-state index is 3.49. The average Bonchev–Trinajstić information content (AvgIpc) is 2.51. The Balaban J connectivity index is 1.77. The minimum Gasteiger partial charge on any atom is -0.314 e. The molecule has 1 aliphatic heterocycles. The lowest BCUT2D eigenvalue weighted by atomic mass is 9.75. The second-order valence-electron chi connectivity index (χ2n) is 6.49. The van der Waals surface area contributed by atoms with Crippen molar-refractivity contribution in [3.05, 3.63) is 48.0 Å². The number of benzene rings is 2. The van der Waals surface area contributed by atoms with E-state index in [2.05, 4.69) is 52.7 Å². The van der Waals surface area contributed by atoms with E-state index in [0.29, 0.717) is 6.04 Å². The lowest BCUT2D eigenvalue weighted by Crippen LogP contribution is -2.47. The van der Waals surface area contributed by atoms with Crippen LogP contribution in [0.5, 0.6) is 0 Å². The van der Waals surface area contributed by atoms with Crippen LogP contribution in [0, 0.1) is 5.92 Å². The molecule has 2 nitrogen and oxygen atoms in total. The highest BCUT2D eigenvalue weighted by Crippen LogP contribution is 2.43. The van der Waals surface area contributed by atoms with E-state index in [-0.39, 0.29) is 0 Å². The number of hydrogen-bond donors (Lipinski definition) is 1. The van der Waals surface area contributed by atoms with Gasteiger partial charge in [-0.25, -0.2) is 0 Å². The van der Waals surface area contributed by atoms with Gasteiger partial charge in [-0.2, -0.15) is 0 Å². The average molecular weight is 280 g/mol. The summed E-state index contributed by atoms with van der Waals surface area (Å²) < 4.78 is 0. The Labute approximate surface area is 127 Å². The largest absolute Gasteiger partial charge is 0.314 e. The smallest absolute Gasteiger partial charge is 0.0383 e. The number of piperazine rings is 1. The van der Waals surface area contributed by atoms with Crippen LogP contribution < -0.4 is 5.32 Å². The zero-order valence-electron chi connectivity index (χ0n) is 12.6. The lowest BCUT2D eigenvalue weighted by molar-refractivity contribution is 0.0846. The zero-order valence-corrected chi connectivity index (χ0v) is 12.6. The maximum atomic E-state index is 3.49. The summed E-state index contributed by atoms with van der Waals surface area (Å²) in [5.74, 6) is 0.855. The van der Waals surface area contributed by atoms with Crippen molar-refractivity contribution in [2.45, 2.75) is 25.3 Å². The summed E-state index contributed by atoms with van der Waals surface area (Å²) in [7, 11) is 0. The van der Waals surface area contributed by atoms with E-state index in [0.717, 1.165) is 19.0 Å². The van der Waals surface area contributed by atoms with Crippen molar-refractivity contribution >= 4 is 10.8 Å². The monoisotopic (exact) mass is 280 g/mol. The van der Waals surface area contributed by atoms with Crippen LogP contribution in [0.25, 0.3) is 10.8 Å². The molecule has 2 aromatic carbocycles. The van der Waals surface area contributed by atoms with E-state index < -0.39 is 0 Å². The fourth-order valence-corrected chi connectivity index (χ4v) is 3.97. The second-order valence-corrected chi connectivity index (χ2v) is 6.49. The van der Waals surface area contributed by atoms with Gasteiger partial charge >= 0.3 is 0 Å². The minimum atomic E-state index is 0.618. The Bertz CT molecular complexity index is 606. The second kappa shape index (κ2) is 5.78. The third-order valence-corrected chi connectivity index (χ3v) is 5.28. The summed E-state index contributed by atoms with van der Waals surface area (Å²) in [6.07, 6.45) is 4.22. The number of nitrogens with zero attached hydrogens (tertiary/aromatic N) is 1. The van der Waals surface area contributed by atoms with Crippen molar-refractivity contribution < 1.29 is 0 Å². The van der Waals surface area contributed by atoms with Gasteiger partial charge in [0.25, 0.3) is 0 Å². The molecule has 21 heavy (non-hydrogen) atoms. The molecule has 2 fully saturated rings. The molecule has 0 amide bonds. The molecule has 0 unspecified atom stereocenters. The first-order valence-corrected chi connectivity index (χ1v) is 8.36. The van der Waals surface area contributed by atoms with Gasteiger partial charge in [0.2, 0.25) is 0 Å². The molecule has 2 aromatic rings. The number of rotatable bonds is 3. The first-order valence-electron chi connectivity index (χ1n) is 8.36. The van der Waals surface area contributed by atoms with E-state index in [1.165, 1.54) is 43.1 Å². The van der Waals surface area contributed by atoms with E-state index >= 15 is 0 Å². The summed E-state index contributed by atoms with van der Waals surface area (Å²) in [5.41, 5.74) is 1.56. The van der Waals surface area contributed by atoms with Crippen LogP contribution in [-0.4, -0.2) is 31.1 Å². The number of fused-ring (bicyclic) bond motifs is 1. The van der Waals surface area contributed by atoms with Crippen molar-refractivity contribution in [1.29, 1.82) is 0 Å².